The van der Waals surface area contributed by atoms with Gasteiger partial charge < -0.3 is 19.8 Å². The maximum atomic E-state index is 12.0. The van der Waals surface area contributed by atoms with Crippen LogP contribution in [-0.4, -0.2) is 65.2 Å². The standard InChI is InChI=1S/C12H21NO2.C7H6N4O.C6H12O/c1-12(2,3)15-11(14)13-9-5-4-6-10(13)8-7-9;12-7-3-1-6(2-4-7)11-5-8-9-10-11;7-6-4-2-1-3-5-6/h9-10H,4-8H2,1-3H3;1-5,12H;6-7H,1-5H2. The maximum Gasteiger partial charge on any atom is 0.410 e. The molecule has 2 aliphatic heterocycles. The lowest BCUT2D eigenvalue weighted by Crippen LogP contribution is -2.46. The number of carbonyl (C=O) groups excluding carboxylic acids is 1. The van der Waals surface area contributed by atoms with E-state index in [1.165, 1.54) is 49.5 Å². The summed E-state index contributed by atoms with van der Waals surface area (Å²) in [4.78, 5) is 14.0. The van der Waals surface area contributed by atoms with Crippen LogP contribution in [0.3, 0.4) is 0 Å². The Morgan fingerprint density at radius 3 is 2.03 bits per heavy atom. The third-order valence-corrected chi connectivity index (χ3v) is 6.34. The highest BCUT2D eigenvalue weighted by molar-refractivity contribution is 5.69. The van der Waals surface area contributed by atoms with Crippen molar-refractivity contribution in [2.75, 3.05) is 0 Å². The van der Waals surface area contributed by atoms with E-state index >= 15 is 0 Å². The van der Waals surface area contributed by atoms with Crippen LogP contribution in [0.2, 0.25) is 0 Å². The highest BCUT2D eigenvalue weighted by atomic mass is 16.6. The van der Waals surface area contributed by atoms with Crippen molar-refractivity contribution in [3.05, 3.63) is 30.6 Å². The van der Waals surface area contributed by atoms with Crippen molar-refractivity contribution in [3.63, 3.8) is 0 Å². The van der Waals surface area contributed by atoms with Gasteiger partial charge in [-0.1, -0.05) is 19.3 Å². The first-order valence-electron chi connectivity index (χ1n) is 12.4. The summed E-state index contributed by atoms with van der Waals surface area (Å²) in [7, 11) is 0. The first-order chi connectivity index (χ1) is 16.2. The zero-order valence-corrected chi connectivity index (χ0v) is 20.6. The highest BCUT2D eigenvalue weighted by Gasteiger charge is 2.41. The summed E-state index contributed by atoms with van der Waals surface area (Å²) >= 11 is 0. The number of piperidine rings is 1. The molecule has 5 rings (SSSR count). The second-order valence-corrected chi connectivity index (χ2v) is 10.3. The molecule has 1 aromatic carbocycles. The summed E-state index contributed by atoms with van der Waals surface area (Å²) in [6.07, 6.45) is 13.3. The van der Waals surface area contributed by atoms with Crippen LogP contribution in [-0.2, 0) is 4.74 Å². The molecule has 3 heterocycles. The molecule has 34 heavy (non-hydrogen) atoms. The van der Waals surface area contributed by atoms with Crippen LogP contribution in [0.1, 0.15) is 85.0 Å². The summed E-state index contributed by atoms with van der Waals surface area (Å²) in [5, 5.41) is 28.6. The molecule has 9 heteroatoms. The molecule has 2 bridgehead atoms. The van der Waals surface area contributed by atoms with Crippen molar-refractivity contribution in [1.82, 2.24) is 25.1 Å². The Labute approximate surface area is 202 Å². The lowest BCUT2D eigenvalue weighted by Gasteiger charge is -2.35. The molecule has 2 aromatic rings. The molecule has 0 spiro atoms. The number of aliphatic hydroxyl groups excluding tert-OH is 1. The summed E-state index contributed by atoms with van der Waals surface area (Å²) in [5.41, 5.74) is 0.450. The number of phenols is 1. The third kappa shape index (κ3) is 7.97. The fraction of sp³-hybridized carbons (Fsp3) is 0.680. The molecular weight excluding hydrogens is 434 g/mol. The molecule has 9 nitrogen and oxygen atoms in total. The number of hydrogen-bond acceptors (Lipinski definition) is 7. The molecule has 3 aliphatic rings. The van der Waals surface area contributed by atoms with E-state index in [0.717, 1.165) is 31.4 Å². The van der Waals surface area contributed by atoms with Gasteiger partial charge >= 0.3 is 6.09 Å². The summed E-state index contributed by atoms with van der Waals surface area (Å²) in [5.74, 6) is 0.229. The maximum absolute atomic E-state index is 12.0. The van der Waals surface area contributed by atoms with E-state index in [0.29, 0.717) is 12.1 Å². The van der Waals surface area contributed by atoms with Crippen LogP contribution in [0.25, 0.3) is 5.69 Å². The minimum absolute atomic E-state index is 0.0359. The van der Waals surface area contributed by atoms with E-state index in [1.807, 2.05) is 25.7 Å². The number of tetrazole rings is 1. The van der Waals surface area contributed by atoms with Crippen molar-refractivity contribution >= 4 is 6.09 Å². The van der Waals surface area contributed by atoms with Gasteiger partial charge in [0.25, 0.3) is 0 Å². The van der Waals surface area contributed by atoms with Gasteiger partial charge in [0.05, 0.1) is 11.8 Å². The zero-order valence-electron chi connectivity index (χ0n) is 20.6. The first kappa shape index (κ1) is 25.9. The quantitative estimate of drug-likeness (QED) is 0.621. The van der Waals surface area contributed by atoms with E-state index in [1.54, 1.807) is 24.3 Å². The predicted octanol–water partition coefficient (Wildman–Crippen LogP) is 4.62. The molecular formula is C25H39N5O4. The third-order valence-electron chi connectivity index (χ3n) is 6.34. The molecule has 3 fully saturated rings. The minimum atomic E-state index is -0.367. The van der Waals surface area contributed by atoms with Crippen molar-refractivity contribution in [2.24, 2.45) is 0 Å². The first-order valence-corrected chi connectivity index (χ1v) is 12.4. The summed E-state index contributed by atoms with van der Waals surface area (Å²) in [6, 6.07) is 7.53. The highest BCUT2D eigenvalue weighted by Crippen LogP contribution is 2.36. The number of fused-ring (bicyclic) bond motifs is 2. The molecule has 2 unspecified atom stereocenters. The lowest BCUT2D eigenvalue weighted by atomic mass is 9.98. The number of nitrogens with zero attached hydrogens (tertiary/aromatic N) is 5. The summed E-state index contributed by atoms with van der Waals surface area (Å²) in [6.45, 7) is 5.78. The molecule has 2 saturated heterocycles. The largest absolute Gasteiger partial charge is 0.508 e. The number of benzene rings is 1. The van der Waals surface area contributed by atoms with Gasteiger partial charge in [0.15, 0.2) is 0 Å². The van der Waals surface area contributed by atoms with E-state index in [2.05, 4.69) is 15.5 Å². The summed E-state index contributed by atoms with van der Waals surface area (Å²) < 4.78 is 6.96. The molecule has 188 valence electrons. The van der Waals surface area contributed by atoms with Gasteiger partial charge in [0, 0.05) is 12.1 Å². The second-order valence-electron chi connectivity index (χ2n) is 10.3. The van der Waals surface area contributed by atoms with Crippen LogP contribution in [0.15, 0.2) is 30.6 Å². The number of hydrogen-bond donors (Lipinski definition) is 2. The van der Waals surface area contributed by atoms with E-state index in [4.69, 9.17) is 14.9 Å². The van der Waals surface area contributed by atoms with Crippen molar-refractivity contribution in [3.8, 4) is 11.4 Å². The Bertz CT molecular complexity index is 844. The van der Waals surface area contributed by atoms with Crippen LogP contribution >= 0.6 is 0 Å². The average molecular weight is 474 g/mol. The number of phenolic OH excluding ortho intramolecular Hbond substituents is 1. The van der Waals surface area contributed by atoms with Crippen molar-refractivity contribution in [2.45, 2.75) is 109 Å². The molecule has 1 aromatic heterocycles. The van der Waals surface area contributed by atoms with Gasteiger partial charge in [-0.3, -0.25) is 0 Å². The Hall–Kier alpha value is -2.68. The Morgan fingerprint density at radius 1 is 0.941 bits per heavy atom. The molecule has 1 saturated carbocycles. The second kappa shape index (κ2) is 12.1. The van der Waals surface area contributed by atoms with Crippen LogP contribution in [0.5, 0.6) is 5.75 Å². The number of aliphatic hydroxyl groups is 1. The fourth-order valence-electron chi connectivity index (χ4n) is 4.70. The van der Waals surface area contributed by atoms with Crippen molar-refractivity contribution in [1.29, 1.82) is 0 Å². The fourth-order valence-corrected chi connectivity index (χ4v) is 4.70. The van der Waals surface area contributed by atoms with E-state index < -0.39 is 0 Å². The number of ether oxygens (including phenoxy) is 1. The van der Waals surface area contributed by atoms with Crippen LogP contribution in [0.4, 0.5) is 4.79 Å². The smallest absolute Gasteiger partial charge is 0.410 e. The van der Waals surface area contributed by atoms with Gasteiger partial charge in [-0.25, -0.2) is 9.48 Å². The normalized spacial score (nSPS) is 22.2. The van der Waals surface area contributed by atoms with Crippen LogP contribution in [0, 0.1) is 0 Å². The van der Waals surface area contributed by atoms with Crippen LogP contribution < -0.4 is 0 Å². The van der Waals surface area contributed by atoms with E-state index in [-0.39, 0.29) is 23.5 Å². The molecule has 2 atom stereocenters. The lowest BCUT2D eigenvalue weighted by molar-refractivity contribution is 0.00783. The number of rotatable bonds is 1. The molecule has 0 radical (unpaired) electrons. The number of carbonyl (C=O) groups is 1. The average Bonchev–Trinajstić information content (AvgIpc) is 3.41. The predicted molar refractivity (Wildman–Crippen MR) is 129 cm³/mol. The van der Waals surface area contributed by atoms with Gasteiger partial charge in [-0.05, 0) is 100 Å². The minimum Gasteiger partial charge on any atom is -0.508 e. The monoisotopic (exact) mass is 473 g/mol. The Kier molecular flexibility index (Phi) is 9.27. The Balaban J connectivity index is 0.000000152. The van der Waals surface area contributed by atoms with E-state index in [9.17, 15) is 4.79 Å². The van der Waals surface area contributed by atoms with Gasteiger partial charge in [0.2, 0.25) is 0 Å². The van der Waals surface area contributed by atoms with Gasteiger partial charge in [-0.2, -0.15) is 0 Å². The van der Waals surface area contributed by atoms with Crippen molar-refractivity contribution < 1.29 is 19.7 Å². The zero-order chi connectivity index (χ0) is 24.6. The number of aromatic nitrogens is 4. The molecule has 2 N–H and O–H groups in total. The Morgan fingerprint density at radius 2 is 1.56 bits per heavy atom. The van der Waals surface area contributed by atoms with Gasteiger partial charge in [-0.15, -0.1) is 5.10 Å². The van der Waals surface area contributed by atoms with Gasteiger partial charge in [0.1, 0.15) is 17.7 Å². The number of aromatic hydroxyl groups is 1. The molecule has 1 amide bonds. The number of amides is 1. The molecule has 1 aliphatic carbocycles. The topological polar surface area (TPSA) is 114 Å². The SMILES string of the molecule is CC(C)(C)OC(=O)N1C2CCCC1CC2.OC1CCCCC1.Oc1ccc(-n2cnnn2)cc1.